The molecule has 0 bridgehead atoms. The van der Waals surface area contributed by atoms with E-state index in [-0.39, 0.29) is 25.8 Å². The monoisotopic (exact) mass is 519 g/mol. The Morgan fingerprint density at radius 1 is 1.11 bits per heavy atom. The van der Waals surface area contributed by atoms with Crippen molar-refractivity contribution in [1.82, 2.24) is 14.8 Å². The van der Waals surface area contributed by atoms with Crippen LogP contribution in [0, 0.1) is 11.8 Å². The third-order valence-electron chi connectivity index (χ3n) is 6.39. The van der Waals surface area contributed by atoms with Crippen LogP contribution in [0.15, 0.2) is 54.7 Å². The lowest BCUT2D eigenvalue weighted by atomic mass is 9.89. The first-order valence-electron chi connectivity index (χ1n) is 12.3. The van der Waals surface area contributed by atoms with Crippen molar-refractivity contribution in [3.8, 4) is 23.5 Å². The largest absolute Gasteiger partial charge is 0.494 e. The Hall–Kier alpha value is -3.74. The lowest BCUT2D eigenvalue weighted by Gasteiger charge is -2.28. The average molecular weight is 520 g/mol. The number of imide groups is 1. The second kappa shape index (κ2) is 10.7. The summed E-state index contributed by atoms with van der Waals surface area (Å²) in [6, 6.07) is 14.9. The van der Waals surface area contributed by atoms with Crippen molar-refractivity contribution in [3.63, 3.8) is 0 Å². The molecule has 1 fully saturated rings. The molecule has 8 nitrogen and oxygen atoms in total. The van der Waals surface area contributed by atoms with E-state index in [2.05, 4.69) is 36.8 Å². The standard InChI is InChI=1S/C28H33N3O5Si/c1-5-6-14-36-23-13-12-21-18-30(25(32)24(21)17-23)19-28(22-10-8-7-9-11-22)26(33)31(27(34)29-28)20-35-15-16-37(2,3)4/h7-13,17-18,32H,14-16,19-20H2,1-4H3,(H,29,34)/t28-/m0/s1. The molecule has 4 rings (SSSR count). The predicted molar refractivity (Wildman–Crippen MR) is 145 cm³/mol. The molecule has 3 amide bonds. The number of aromatic hydroxyl groups is 1. The van der Waals surface area contributed by atoms with E-state index in [0.29, 0.717) is 23.3 Å². The van der Waals surface area contributed by atoms with Crippen LogP contribution in [0.4, 0.5) is 4.79 Å². The van der Waals surface area contributed by atoms with Crippen LogP contribution in [0.5, 0.6) is 11.6 Å². The first-order valence-corrected chi connectivity index (χ1v) is 16.0. The third kappa shape index (κ3) is 5.66. The number of aromatic nitrogens is 1. The first kappa shape index (κ1) is 26.3. The minimum Gasteiger partial charge on any atom is -0.494 e. The molecule has 1 atom stereocenters. The van der Waals surface area contributed by atoms with Crippen molar-refractivity contribution >= 4 is 30.8 Å². The van der Waals surface area contributed by atoms with Gasteiger partial charge in [0, 0.05) is 31.7 Å². The van der Waals surface area contributed by atoms with Crippen LogP contribution in [-0.2, 0) is 21.6 Å². The molecule has 0 aliphatic carbocycles. The summed E-state index contributed by atoms with van der Waals surface area (Å²) in [6.07, 6.45) is 1.76. The van der Waals surface area contributed by atoms with Gasteiger partial charge in [0.2, 0.25) is 0 Å². The van der Waals surface area contributed by atoms with E-state index in [4.69, 9.17) is 9.47 Å². The third-order valence-corrected chi connectivity index (χ3v) is 8.09. The number of benzene rings is 2. The van der Waals surface area contributed by atoms with Crippen LogP contribution in [0.2, 0.25) is 25.7 Å². The number of rotatable bonds is 10. The molecule has 0 unspecified atom stereocenters. The predicted octanol–water partition coefficient (Wildman–Crippen LogP) is 4.51. The molecular formula is C28H33N3O5Si. The van der Waals surface area contributed by atoms with Gasteiger partial charge >= 0.3 is 6.03 Å². The summed E-state index contributed by atoms with van der Waals surface area (Å²) in [7, 11) is -1.31. The smallest absolute Gasteiger partial charge is 0.327 e. The highest BCUT2D eigenvalue weighted by molar-refractivity contribution is 6.76. The van der Waals surface area contributed by atoms with Gasteiger partial charge < -0.3 is 24.5 Å². The molecule has 194 valence electrons. The van der Waals surface area contributed by atoms with Crippen LogP contribution in [-0.4, -0.2) is 54.5 Å². The highest BCUT2D eigenvalue weighted by Crippen LogP contribution is 2.36. The Kier molecular flexibility index (Phi) is 7.62. The van der Waals surface area contributed by atoms with Crippen molar-refractivity contribution < 1.29 is 24.2 Å². The molecule has 1 saturated heterocycles. The molecule has 1 aromatic heterocycles. The Bertz CT molecular complexity index is 1350. The topological polar surface area (TPSA) is 93.0 Å². The zero-order valence-electron chi connectivity index (χ0n) is 21.7. The lowest BCUT2D eigenvalue weighted by molar-refractivity contribution is -0.135. The van der Waals surface area contributed by atoms with Crippen molar-refractivity contribution in [2.45, 2.75) is 44.7 Å². The van der Waals surface area contributed by atoms with Crippen LogP contribution < -0.4 is 10.1 Å². The number of amides is 3. The summed E-state index contributed by atoms with van der Waals surface area (Å²) in [5.41, 5.74) is -0.777. The van der Waals surface area contributed by atoms with E-state index in [0.717, 1.165) is 16.3 Å². The fourth-order valence-electron chi connectivity index (χ4n) is 4.28. The molecule has 0 spiro atoms. The van der Waals surface area contributed by atoms with E-state index < -0.39 is 25.6 Å². The van der Waals surface area contributed by atoms with Gasteiger partial charge in [0.15, 0.2) is 11.4 Å². The van der Waals surface area contributed by atoms with E-state index in [1.807, 2.05) is 24.3 Å². The number of hydrogen-bond acceptors (Lipinski definition) is 5. The highest BCUT2D eigenvalue weighted by Gasteiger charge is 2.53. The Balaban J connectivity index is 1.63. The SMILES string of the molecule is CC#CCOc1ccc2cn(C[C@@]3(c4ccccc4)NC(=O)N(COCC[Si](C)(C)C)C3=O)c(O)c2c1. The van der Waals surface area contributed by atoms with Gasteiger partial charge in [-0.05, 0) is 36.7 Å². The maximum atomic E-state index is 13.8. The molecule has 3 aromatic rings. The summed E-state index contributed by atoms with van der Waals surface area (Å²) < 4.78 is 13.0. The second-order valence-corrected chi connectivity index (χ2v) is 15.9. The maximum absolute atomic E-state index is 13.8. The maximum Gasteiger partial charge on any atom is 0.327 e. The van der Waals surface area contributed by atoms with Crippen LogP contribution >= 0.6 is 0 Å². The normalized spacial score (nSPS) is 17.6. The summed E-state index contributed by atoms with van der Waals surface area (Å²) in [4.78, 5) is 27.9. The van der Waals surface area contributed by atoms with Crippen molar-refractivity contribution in [2.75, 3.05) is 19.9 Å². The quantitative estimate of drug-likeness (QED) is 0.178. The van der Waals surface area contributed by atoms with E-state index in [1.54, 1.807) is 42.0 Å². The minimum atomic E-state index is -1.40. The fourth-order valence-corrected chi connectivity index (χ4v) is 5.03. The number of ether oxygens (including phenoxy) is 2. The Morgan fingerprint density at radius 2 is 1.86 bits per heavy atom. The molecule has 0 saturated carbocycles. The highest BCUT2D eigenvalue weighted by atomic mass is 28.3. The van der Waals surface area contributed by atoms with Gasteiger partial charge in [-0.3, -0.25) is 4.79 Å². The van der Waals surface area contributed by atoms with Crippen molar-refractivity contribution in [1.29, 1.82) is 0 Å². The van der Waals surface area contributed by atoms with Gasteiger partial charge in [-0.15, -0.1) is 5.92 Å². The number of nitrogens with zero attached hydrogens (tertiary/aromatic N) is 2. The van der Waals surface area contributed by atoms with Crippen LogP contribution in [0.3, 0.4) is 0 Å². The summed E-state index contributed by atoms with van der Waals surface area (Å²) in [5, 5.41) is 15.3. The van der Waals surface area contributed by atoms with Gasteiger partial charge in [-0.2, -0.15) is 0 Å². The lowest BCUT2D eigenvalue weighted by Crippen LogP contribution is -2.47. The van der Waals surface area contributed by atoms with E-state index >= 15 is 0 Å². The molecule has 9 heteroatoms. The number of fused-ring (bicyclic) bond motifs is 1. The van der Waals surface area contributed by atoms with Crippen LogP contribution in [0.1, 0.15) is 12.5 Å². The number of carbonyl (C=O) groups excluding carboxylic acids is 2. The molecule has 2 aromatic carbocycles. The Labute approximate surface area is 218 Å². The number of nitrogens with one attached hydrogen (secondary N) is 1. The van der Waals surface area contributed by atoms with Crippen molar-refractivity contribution in [3.05, 3.63) is 60.3 Å². The summed E-state index contributed by atoms with van der Waals surface area (Å²) in [6.45, 7) is 9.09. The van der Waals surface area contributed by atoms with Gasteiger partial charge in [0.25, 0.3) is 5.91 Å². The number of hydrogen-bond donors (Lipinski definition) is 2. The van der Waals surface area contributed by atoms with Crippen LogP contribution in [0.25, 0.3) is 10.8 Å². The summed E-state index contributed by atoms with van der Waals surface area (Å²) in [5.74, 6) is 5.75. The molecule has 37 heavy (non-hydrogen) atoms. The van der Waals surface area contributed by atoms with Gasteiger partial charge in [0.05, 0.1) is 6.54 Å². The van der Waals surface area contributed by atoms with Gasteiger partial charge in [-0.25, -0.2) is 9.69 Å². The molecule has 1 aliphatic rings. The molecular weight excluding hydrogens is 486 g/mol. The molecule has 2 heterocycles. The zero-order valence-corrected chi connectivity index (χ0v) is 22.7. The average Bonchev–Trinajstić information content (AvgIpc) is 3.30. The first-order chi connectivity index (χ1) is 17.6. The number of carbonyl (C=O) groups is 2. The van der Waals surface area contributed by atoms with Gasteiger partial charge in [0.1, 0.15) is 19.1 Å². The molecule has 0 radical (unpaired) electrons. The molecule has 1 aliphatic heterocycles. The van der Waals surface area contributed by atoms with E-state index in [9.17, 15) is 14.7 Å². The van der Waals surface area contributed by atoms with Gasteiger partial charge in [-0.1, -0.05) is 55.9 Å². The zero-order chi connectivity index (χ0) is 26.6. The summed E-state index contributed by atoms with van der Waals surface area (Å²) >= 11 is 0. The Morgan fingerprint density at radius 3 is 2.57 bits per heavy atom. The molecule has 2 N–H and O–H groups in total. The minimum absolute atomic E-state index is 0.00497. The number of urea groups is 1. The second-order valence-electron chi connectivity index (χ2n) is 10.3. The fraction of sp³-hybridized carbons (Fsp3) is 0.357. The van der Waals surface area contributed by atoms with E-state index in [1.165, 1.54) is 0 Å². The van der Waals surface area contributed by atoms with Crippen molar-refractivity contribution in [2.24, 2.45) is 0 Å².